The Labute approximate surface area is 217 Å². The van der Waals surface area contributed by atoms with Crippen molar-refractivity contribution in [2.24, 2.45) is 11.8 Å². The molecule has 0 spiro atoms. The SMILES string of the molecule is CCC(C)CC(CC(=O)N1CCCC1C(C)CC(=O)NCCc1ccccc1)OC.COC.O=CO. The zero-order chi connectivity index (χ0) is 27.3. The number of carbonyl (C=O) groups is 3. The van der Waals surface area contributed by atoms with Crippen molar-refractivity contribution in [3.63, 3.8) is 0 Å². The lowest BCUT2D eigenvalue weighted by Crippen LogP contribution is -2.42. The number of carboxylic acid groups (broad SMARTS) is 1. The van der Waals surface area contributed by atoms with Gasteiger partial charge in [-0.2, -0.15) is 0 Å². The number of likely N-dealkylation sites (tertiary alicyclic amines) is 1. The summed E-state index contributed by atoms with van der Waals surface area (Å²) in [6.45, 7) is 7.66. The zero-order valence-electron chi connectivity index (χ0n) is 23.1. The topological polar surface area (TPSA) is 105 Å². The molecule has 4 atom stereocenters. The van der Waals surface area contributed by atoms with E-state index in [1.807, 2.05) is 23.1 Å². The first kappa shape index (κ1) is 33.5. The standard InChI is InChI=1S/C25H40N2O3.C2H6O.CH2O2/c1-5-19(2)16-22(30-4)18-25(29)27-15-9-12-23(27)20(3)17-24(28)26-14-13-21-10-7-6-8-11-21;1-3-2;2-1-3/h6-8,10-11,19-20,22-23H,5,9,12-18H2,1-4H3,(H,26,28);1-2H3;1H,(H,2,3). The quantitative estimate of drug-likeness (QED) is 0.411. The maximum absolute atomic E-state index is 13.0. The Morgan fingerprint density at radius 2 is 1.78 bits per heavy atom. The number of ether oxygens (including phenoxy) is 2. The summed E-state index contributed by atoms with van der Waals surface area (Å²) in [4.78, 5) is 35.7. The first-order chi connectivity index (χ1) is 17.3. The van der Waals surface area contributed by atoms with Crippen LogP contribution < -0.4 is 5.32 Å². The number of hydrogen-bond acceptors (Lipinski definition) is 5. The van der Waals surface area contributed by atoms with Gasteiger partial charge in [0, 0.05) is 46.9 Å². The molecule has 1 aliphatic rings. The van der Waals surface area contributed by atoms with Crippen molar-refractivity contribution < 1.29 is 29.0 Å². The van der Waals surface area contributed by atoms with E-state index in [0.29, 0.717) is 25.3 Å². The molecule has 36 heavy (non-hydrogen) atoms. The predicted molar refractivity (Wildman–Crippen MR) is 143 cm³/mol. The molecule has 2 amide bonds. The van der Waals surface area contributed by atoms with Crippen LogP contribution in [0.5, 0.6) is 0 Å². The van der Waals surface area contributed by atoms with Gasteiger partial charge in [0.05, 0.1) is 12.5 Å². The average Bonchev–Trinajstić information content (AvgIpc) is 3.35. The molecule has 8 heteroatoms. The normalized spacial score (nSPS) is 16.9. The first-order valence-corrected chi connectivity index (χ1v) is 12.9. The Morgan fingerprint density at radius 1 is 1.17 bits per heavy atom. The molecule has 206 valence electrons. The van der Waals surface area contributed by atoms with Gasteiger partial charge in [-0.05, 0) is 43.1 Å². The van der Waals surface area contributed by atoms with Gasteiger partial charge < -0.3 is 24.8 Å². The largest absolute Gasteiger partial charge is 0.483 e. The van der Waals surface area contributed by atoms with Crippen LogP contribution in [-0.2, 0) is 30.3 Å². The van der Waals surface area contributed by atoms with E-state index in [-0.39, 0.29) is 36.4 Å². The van der Waals surface area contributed by atoms with Gasteiger partial charge in [-0.15, -0.1) is 0 Å². The van der Waals surface area contributed by atoms with Crippen LogP contribution in [0.1, 0.15) is 64.9 Å². The Morgan fingerprint density at radius 3 is 2.33 bits per heavy atom. The highest BCUT2D eigenvalue weighted by Crippen LogP contribution is 2.28. The van der Waals surface area contributed by atoms with Gasteiger partial charge in [0.15, 0.2) is 0 Å². The number of benzene rings is 1. The third kappa shape index (κ3) is 14.2. The van der Waals surface area contributed by atoms with Crippen LogP contribution in [0.4, 0.5) is 0 Å². The van der Waals surface area contributed by atoms with Crippen molar-refractivity contribution in [1.82, 2.24) is 10.2 Å². The minimum absolute atomic E-state index is 0.0229. The van der Waals surface area contributed by atoms with Crippen LogP contribution >= 0.6 is 0 Å². The lowest BCUT2D eigenvalue weighted by atomic mass is 9.94. The highest BCUT2D eigenvalue weighted by atomic mass is 16.5. The van der Waals surface area contributed by atoms with Crippen molar-refractivity contribution in [3.05, 3.63) is 35.9 Å². The van der Waals surface area contributed by atoms with E-state index in [4.69, 9.17) is 14.6 Å². The summed E-state index contributed by atoms with van der Waals surface area (Å²) in [5.74, 6) is 0.952. The number of hydrogen-bond donors (Lipinski definition) is 2. The average molecular weight is 509 g/mol. The molecule has 0 bridgehead atoms. The van der Waals surface area contributed by atoms with E-state index in [1.165, 1.54) is 5.56 Å². The van der Waals surface area contributed by atoms with E-state index >= 15 is 0 Å². The van der Waals surface area contributed by atoms with Crippen LogP contribution in [-0.4, -0.2) is 74.9 Å². The summed E-state index contributed by atoms with van der Waals surface area (Å²) in [5.41, 5.74) is 1.23. The summed E-state index contributed by atoms with van der Waals surface area (Å²) >= 11 is 0. The summed E-state index contributed by atoms with van der Waals surface area (Å²) in [5, 5.41) is 9.93. The third-order valence-corrected chi connectivity index (χ3v) is 6.46. The lowest BCUT2D eigenvalue weighted by molar-refractivity contribution is -0.136. The van der Waals surface area contributed by atoms with E-state index in [9.17, 15) is 9.59 Å². The van der Waals surface area contributed by atoms with Gasteiger partial charge in [-0.3, -0.25) is 14.4 Å². The molecule has 1 aromatic carbocycles. The Balaban J connectivity index is 0.00000185. The van der Waals surface area contributed by atoms with Gasteiger partial charge in [0.25, 0.3) is 6.47 Å². The lowest BCUT2D eigenvalue weighted by Gasteiger charge is -2.31. The monoisotopic (exact) mass is 508 g/mol. The van der Waals surface area contributed by atoms with Crippen LogP contribution in [0.2, 0.25) is 0 Å². The first-order valence-electron chi connectivity index (χ1n) is 12.9. The summed E-state index contributed by atoms with van der Waals surface area (Å²) in [7, 11) is 4.95. The van der Waals surface area contributed by atoms with Crippen molar-refractivity contribution in [2.75, 3.05) is 34.4 Å². The molecule has 2 rings (SSSR count). The highest BCUT2D eigenvalue weighted by molar-refractivity contribution is 5.78. The number of carbonyl (C=O) groups excluding carboxylic acids is 2. The second-order valence-corrected chi connectivity index (χ2v) is 9.39. The van der Waals surface area contributed by atoms with Crippen LogP contribution in [0, 0.1) is 11.8 Å². The molecule has 1 heterocycles. The molecule has 4 unspecified atom stereocenters. The van der Waals surface area contributed by atoms with Gasteiger partial charge in [0.1, 0.15) is 0 Å². The molecule has 0 aromatic heterocycles. The second-order valence-electron chi connectivity index (χ2n) is 9.39. The zero-order valence-corrected chi connectivity index (χ0v) is 23.1. The van der Waals surface area contributed by atoms with Crippen molar-refractivity contribution in [2.45, 2.75) is 77.9 Å². The fourth-order valence-corrected chi connectivity index (χ4v) is 4.38. The van der Waals surface area contributed by atoms with E-state index in [1.54, 1.807) is 21.3 Å². The van der Waals surface area contributed by atoms with Gasteiger partial charge in [-0.25, -0.2) is 0 Å². The van der Waals surface area contributed by atoms with Gasteiger partial charge in [-0.1, -0.05) is 57.5 Å². The van der Waals surface area contributed by atoms with Gasteiger partial charge in [0.2, 0.25) is 11.8 Å². The number of rotatable bonds is 12. The van der Waals surface area contributed by atoms with Crippen LogP contribution in [0.3, 0.4) is 0 Å². The molecular weight excluding hydrogens is 460 g/mol. The van der Waals surface area contributed by atoms with Crippen molar-refractivity contribution >= 4 is 18.3 Å². The number of nitrogens with zero attached hydrogens (tertiary/aromatic N) is 1. The Kier molecular flexibility index (Phi) is 19.3. The number of nitrogens with one attached hydrogen (secondary N) is 1. The van der Waals surface area contributed by atoms with Crippen molar-refractivity contribution in [3.8, 4) is 0 Å². The fourth-order valence-electron chi connectivity index (χ4n) is 4.38. The van der Waals surface area contributed by atoms with Crippen molar-refractivity contribution in [1.29, 1.82) is 0 Å². The van der Waals surface area contributed by atoms with E-state index in [2.05, 4.69) is 43.0 Å². The Hall–Kier alpha value is -2.45. The van der Waals surface area contributed by atoms with E-state index in [0.717, 1.165) is 38.6 Å². The third-order valence-electron chi connectivity index (χ3n) is 6.46. The smallest absolute Gasteiger partial charge is 0.290 e. The summed E-state index contributed by atoms with van der Waals surface area (Å²) in [6, 6.07) is 10.3. The molecule has 1 fully saturated rings. The Bertz CT molecular complexity index is 715. The molecule has 0 radical (unpaired) electrons. The summed E-state index contributed by atoms with van der Waals surface area (Å²) < 4.78 is 9.83. The maximum Gasteiger partial charge on any atom is 0.290 e. The maximum atomic E-state index is 13.0. The molecule has 0 aliphatic carbocycles. The molecule has 1 aromatic rings. The predicted octanol–water partition coefficient (Wildman–Crippen LogP) is 4.17. The number of amides is 2. The van der Waals surface area contributed by atoms with E-state index < -0.39 is 0 Å². The molecular formula is C28H48N2O6. The van der Waals surface area contributed by atoms with Gasteiger partial charge >= 0.3 is 0 Å². The molecule has 0 saturated carbocycles. The molecule has 8 nitrogen and oxygen atoms in total. The molecule has 1 aliphatic heterocycles. The fraction of sp³-hybridized carbons (Fsp3) is 0.679. The minimum atomic E-state index is -0.250. The van der Waals surface area contributed by atoms with Crippen LogP contribution in [0.15, 0.2) is 30.3 Å². The number of methoxy groups -OCH3 is 2. The molecule has 2 N–H and O–H groups in total. The second kappa shape index (κ2) is 20.7. The summed E-state index contributed by atoms with van der Waals surface area (Å²) in [6.07, 6.45) is 5.71. The molecule has 1 saturated heterocycles. The van der Waals surface area contributed by atoms with Crippen LogP contribution in [0.25, 0.3) is 0 Å². The minimum Gasteiger partial charge on any atom is -0.483 e. The highest BCUT2D eigenvalue weighted by Gasteiger charge is 2.34.